The van der Waals surface area contributed by atoms with Crippen molar-refractivity contribution in [3.63, 3.8) is 0 Å². The summed E-state index contributed by atoms with van der Waals surface area (Å²) in [5.41, 5.74) is -0.536. The third kappa shape index (κ3) is 2.40. The van der Waals surface area contributed by atoms with Gasteiger partial charge >= 0.3 is 0 Å². The highest BCUT2D eigenvalue weighted by Gasteiger charge is 2.28. The van der Waals surface area contributed by atoms with Gasteiger partial charge < -0.3 is 0 Å². The van der Waals surface area contributed by atoms with Crippen LogP contribution in [-0.2, 0) is 0 Å². The maximum Gasteiger partial charge on any atom is 0.169 e. The van der Waals surface area contributed by atoms with Gasteiger partial charge in [-0.2, -0.15) is 5.26 Å². The molecular formula is C12H11ClFNO. The van der Waals surface area contributed by atoms with Crippen molar-refractivity contribution in [2.75, 3.05) is 5.88 Å². The van der Waals surface area contributed by atoms with Crippen LogP contribution in [0.25, 0.3) is 0 Å². The van der Waals surface area contributed by atoms with Crippen LogP contribution in [0.2, 0.25) is 0 Å². The van der Waals surface area contributed by atoms with Crippen molar-refractivity contribution in [1.82, 2.24) is 0 Å². The van der Waals surface area contributed by atoms with Crippen LogP contribution in [0.3, 0.4) is 0 Å². The molecule has 0 aliphatic heterocycles. The molecule has 0 heterocycles. The quantitative estimate of drug-likeness (QED) is 0.601. The van der Waals surface area contributed by atoms with E-state index in [1.54, 1.807) is 19.9 Å². The molecule has 1 aromatic rings. The normalized spacial score (nSPS) is 10.9. The zero-order valence-corrected chi connectivity index (χ0v) is 9.81. The third-order valence-electron chi connectivity index (χ3n) is 2.30. The standard InChI is InChI=1S/C12H11ClFNO/c1-12(2,7-13)11(16)8-3-4-10(14)9(5-8)6-15/h3-5H,7H2,1-2H3. The number of ketones is 1. The Morgan fingerprint density at radius 2 is 2.19 bits per heavy atom. The molecule has 1 aromatic carbocycles. The second kappa shape index (κ2) is 4.63. The first-order valence-corrected chi connectivity index (χ1v) is 5.26. The number of benzene rings is 1. The van der Waals surface area contributed by atoms with Gasteiger partial charge in [-0.05, 0) is 18.2 Å². The Labute approximate surface area is 98.6 Å². The first-order valence-electron chi connectivity index (χ1n) is 4.73. The smallest absolute Gasteiger partial charge is 0.169 e. The molecule has 84 valence electrons. The monoisotopic (exact) mass is 239 g/mol. The van der Waals surface area contributed by atoms with Crippen molar-refractivity contribution >= 4 is 17.4 Å². The van der Waals surface area contributed by atoms with Gasteiger partial charge in [0.05, 0.1) is 5.56 Å². The Balaban J connectivity index is 3.17. The summed E-state index contributed by atoms with van der Waals surface area (Å²) >= 11 is 5.68. The molecule has 0 unspecified atom stereocenters. The first kappa shape index (κ1) is 12.7. The predicted octanol–water partition coefficient (Wildman–Crippen LogP) is 3.15. The predicted molar refractivity (Wildman–Crippen MR) is 59.9 cm³/mol. The van der Waals surface area contributed by atoms with Crippen LogP contribution in [-0.4, -0.2) is 11.7 Å². The molecule has 0 amide bonds. The molecule has 0 saturated heterocycles. The summed E-state index contributed by atoms with van der Waals surface area (Å²) in [7, 11) is 0. The highest BCUT2D eigenvalue weighted by Crippen LogP contribution is 2.24. The Bertz CT molecular complexity index is 463. The largest absolute Gasteiger partial charge is 0.294 e. The molecule has 4 heteroatoms. The minimum atomic E-state index is -0.716. The van der Waals surface area contributed by atoms with Gasteiger partial charge in [0.2, 0.25) is 0 Å². The molecule has 0 fully saturated rings. The fraction of sp³-hybridized carbons (Fsp3) is 0.333. The average molecular weight is 240 g/mol. The molecule has 0 spiro atoms. The number of rotatable bonds is 3. The number of halogens is 2. The van der Waals surface area contributed by atoms with E-state index in [0.717, 1.165) is 6.07 Å². The maximum absolute atomic E-state index is 13.1. The summed E-state index contributed by atoms with van der Waals surface area (Å²) in [6, 6.07) is 5.44. The summed E-state index contributed by atoms with van der Waals surface area (Å²) < 4.78 is 13.1. The summed E-state index contributed by atoms with van der Waals surface area (Å²) in [6.07, 6.45) is 0. The minimum absolute atomic E-state index is 0.128. The number of hydrogen-bond acceptors (Lipinski definition) is 2. The molecular weight excluding hydrogens is 229 g/mol. The van der Waals surface area contributed by atoms with Crippen LogP contribution < -0.4 is 0 Å². The van der Waals surface area contributed by atoms with Crippen LogP contribution in [0.1, 0.15) is 29.8 Å². The molecule has 0 N–H and O–H groups in total. The fourth-order valence-electron chi connectivity index (χ4n) is 1.20. The molecule has 1 rings (SSSR count). The van der Waals surface area contributed by atoms with Gasteiger partial charge in [0.15, 0.2) is 5.78 Å². The molecule has 2 nitrogen and oxygen atoms in total. The number of carbonyl (C=O) groups excluding carboxylic acids is 1. The van der Waals surface area contributed by atoms with Crippen molar-refractivity contribution < 1.29 is 9.18 Å². The van der Waals surface area contributed by atoms with Gasteiger partial charge in [-0.15, -0.1) is 11.6 Å². The Kier molecular flexibility index (Phi) is 3.66. The van der Waals surface area contributed by atoms with Gasteiger partial charge in [-0.1, -0.05) is 13.8 Å². The summed E-state index contributed by atoms with van der Waals surface area (Å²) in [5, 5.41) is 8.66. The lowest BCUT2D eigenvalue weighted by atomic mass is 9.86. The highest BCUT2D eigenvalue weighted by atomic mass is 35.5. The van der Waals surface area contributed by atoms with E-state index >= 15 is 0 Å². The molecule has 16 heavy (non-hydrogen) atoms. The number of nitriles is 1. The average Bonchev–Trinajstić information content (AvgIpc) is 2.28. The molecule has 0 radical (unpaired) electrons. The number of Topliss-reactive ketones (excluding diaryl/α,β-unsaturated/α-hetero) is 1. The maximum atomic E-state index is 13.1. The number of carbonyl (C=O) groups is 1. The zero-order chi connectivity index (χ0) is 12.3. The highest BCUT2D eigenvalue weighted by molar-refractivity contribution is 6.21. The topological polar surface area (TPSA) is 40.9 Å². The summed E-state index contributed by atoms with van der Waals surface area (Å²) in [4.78, 5) is 12.0. The number of nitrogens with zero attached hydrogens (tertiary/aromatic N) is 1. The Morgan fingerprint density at radius 3 is 2.69 bits per heavy atom. The zero-order valence-electron chi connectivity index (χ0n) is 9.05. The van der Waals surface area contributed by atoms with Crippen molar-refractivity contribution in [3.8, 4) is 6.07 Å². The van der Waals surface area contributed by atoms with Crippen LogP contribution >= 0.6 is 11.6 Å². The van der Waals surface area contributed by atoms with Crippen LogP contribution in [0.4, 0.5) is 4.39 Å². The number of hydrogen-bond donors (Lipinski definition) is 0. The third-order valence-corrected chi connectivity index (χ3v) is 2.97. The van der Waals surface area contributed by atoms with E-state index in [9.17, 15) is 9.18 Å². The van der Waals surface area contributed by atoms with Crippen LogP contribution in [0.5, 0.6) is 0 Å². The molecule has 0 saturated carbocycles. The SMILES string of the molecule is CC(C)(CCl)C(=O)c1ccc(F)c(C#N)c1. The molecule has 0 atom stereocenters. The minimum Gasteiger partial charge on any atom is -0.294 e. The van der Waals surface area contributed by atoms with Crippen molar-refractivity contribution in [1.29, 1.82) is 5.26 Å². The summed E-state index contributed by atoms with van der Waals surface area (Å²) in [5.74, 6) is -0.646. The van der Waals surface area contributed by atoms with Gasteiger partial charge in [0, 0.05) is 16.9 Å². The molecule has 0 aliphatic carbocycles. The lowest BCUT2D eigenvalue weighted by Gasteiger charge is -2.19. The molecule has 0 aromatic heterocycles. The lowest BCUT2D eigenvalue weighted by Crippen LogP contribution is -2.26. The van der Waals surface area contributed by atoms with Gasteiger partial charge in [0.1, 0.15) is 11.9 Å². The van der Waals surface area contributed by atoms with Gasteiger partial charge in [-0.25, -0.2) is 4.39 Å². The van der Waals surface area contributed by atoms with Crippen molar-refractivity contribution in [2.45, 2.75) is 13.8 Å². The molecule has 0 aliphatic rings. The van der Waals surface area contributed by atoms with E-state index in [2.05, 4.69) is 0 Å². The van der Waals surface area contributed by atoms with Crippen LogP contribution in [0, 0.1) is 22.6 Å². The van der Waals surface area contributed by atoms with Crippen molar-refractivity contribution in [3.05, 3.63) is 35.1 Å². The van der Waals surface area contributed by atoms with Crippen molar-refractivity contribution in [2.24, 2.45) is 5.41 Å². The second-order valence-electron chi connectivity index (χ2n) is 4.15. The lowest BCUT2D eigenvalue weighted by molar-refractivity contribution is 0.0862. The van der Waals surface area contributed by atoms with Crippen LogP contribution in [0.15, 0.2) is 18.2 Å². The van der Waals surface area contributed by atoms with E-state index in [4.69, 9.17) is 16.9 Å². The van der Waals surface area contributed by atoms with E-state index in [1.165, 1.54) is 12.1 Å². The first-order chi connectivity index (χ1) is 7.42. The second-order valence-corrected chi connectivity index (χ2v) is 4.42. The van der Waals surface area contributed by atoms with Gasteiger partial charge in [-0.3, -0.25) is 4.79 Å². The van der Waals surface area contributed by atoms with E-state index in [1.807, 2.05) is 0 Å². The molecule has 0 bridgehead atoms. The van der Waals surface area contributed by atoms with E-state index < -0.39 is 11.2 Å². The summed E-state index contributed by atoms with van der Waals surface area (Å²) in [6.45, 7) is 3.41. The van der Waals surface area contributed by atoms with Gasteiger partial charge in [0.25, 0.3) is 0 Å². The Morgan fingerprint density at radius 1 is 1.56 bits per heavy atom. The number of alkyl halides is 1. The van der Waals surface area contributed by atoms with E-state index in [-0.39, 0.29) is 17.2 Å². The van der Waals surface area contributed by atoms with E-state index in [0.29, 0.717) is 5.56 Å². The Hall–Kier alpha value is -1.40. The fourth-order valence-corrected chi connectivity index (χ4v) is 1.32.